The minimum absolute atomic E-state index is 0.0807. The third-order valence-corrected chi connectivity index (χ3v) is 3.58. The molecule has 0 aliphatic carbocycles. The van der Waals surface area contributed by atoms with Gasteiger partial charge in [0.1, 0.15) is 17.1 Å². The first kappa shape index (κ1) is 13.7. The van der Waals surface area contributed by atoms with E-state index in [1.54, 1.807) is 4.90 Å². The number of amides is 1. The topological polar surface area (TPSA) is 81.0 Å². The predicted molar refractivity (Wildman–Crippen MR) is 70.1 cm³/mol. The summed E-state index contributed by atoms with van der Waals surface area (Å²) in [4.78, 5) is 14.0. The van der Waals surface area contributed by atoms with Gasteiger partial charge in [-0.25, -0.2) is 0 Å². The van der Waals surface area contributed by atoms with Crippen LogP contribution in [0, 0.1) is 0 Å². The van der Waals surface area contributed by atoms with Crippen molar-refractivity contribution in [2.24, 2.45) is 0 Å². The largest absolute Gasteiger partial charge is 0.507 e. The molecule has 1 atom stereocenters. The molecule has 104 valence electrons. The van der Waals surface area contributed by atoms with Gasteiger partial charge in [-0.3, -0.25) is 4.79 Å². The fourth-order valence-electron chi connectivity index (χ4n) is 2.53. The number of nitrogens with zero attached hydrogens (tertiary/aromatic N) is 1. The molecule has 1 heterocycles. The van der Waals surface area contributed by atoms with Crippen molar-refractivity contribution < 1.29 is 20.1 Å². The number of aliphatic hydroxyl groups excluding tert-OH is 1. The lowest BCUT2D eigenvalue weighted by Crippen LogP contribution is -2.42. The van der Waals surface area contributed by atoms with E-state index in [9.17, 15) is 20.1 Å². The van der Waals surface area contributed by atoms with E-state index < -0.39 is 5.91 Å². The number of phenols is 2. The van der Waals surface area contributed by atoms with Crippen LogP contribution in [0.1, 0.15) is 36.0 Å². The van der Waals surface area contributed by atoms with Crippen LogP contribution in [-0.2, 0) is 0 Å². The van der Waals surface area contributed by atoms with Crippen molar-refractivity contribution in [1.82, 2.24) is 4.90 Å². The number of benzene rings is 1. The number of phenolic OH excluding ortho intramolecular Hbond substituents is 2. The maximum Gasteiger partial charge on any atom is 0.261 e. The highest BCUT2D eigenvalue weighted by atomic mass is 16.3. The van der Waals surface area contributed by atoms with Crippen LogP contribution >= 0.6 is 0 Å². The number of rotatable bonds is 2. The van der Waals surface area contributed by atoms with Crippen LogP contribution in [0.25, 0.3) is 0 Å². The SMILES string of the molecule is O=C(c1c(O)cccc1O)N1CCCCCC1CO. The Labute approximate surface area is 112 Å². The summed E-state index contributed by atoms with van der Waals surface area (Å²) >= 11 is 0. The first-order valence-corrected chi connectivity index (χ1v) is 6.58. The van der Waals surface area contributed by atoms with E-state index in [1.165, 1.54) is 18.2 Å². The van der Waals surface area contributed by atoms with Crippen LogP contribution in [0.4, 0.5) is 0 Å². The summed E-state index contributed by atoms with van der Waals surface area (Å²) in [5.74, 6) is -0.881. The Kier molecular flexibility index (Phi) is 4.27. The zero-order valence-electron chi connectivity index (χ0n) is 10.7. The fraction of sp³-hybridized carbons (Fsp3) is 0.500. The quantitative estimate of drug-likeness (QED) is 0.756. The molecule has 0 spiro atoms. The molecule has 19 heavy (non-hydrogen) atoms. The van der Waals surface area contributed by atoms with E-state index in [-0.39, 0.29) is 29.7 Å². The number of carbonyl (C=O) groups is 1. The van der Waals surface area contributed by atoms with Crippen LogP contribution in [0.2, 0.25) is 0 Å². The van der Waals surface area contributed by atoms with Crippen molar-refractivity contribution in [2.75, 3.05) is 13.2 Å². The number of aliphatic hydroxyl groups is 1. The highest BCUT2D eigenvalue weighted by Gasteiger charge is 2.28. The molecule has 1 aliphatic heterocycles. The summed E-state index contributed by atoms with van der Waals surface area (Å²) in [7, 11) is 0. The Morgan fingerprint density at radius 2 is 1.89 bits per heavy atom. The van der Waals surface area contributed by atoms with Crippen LogP contribution in [0.15, 0.2) is 18.2 Å². The van der Waals surface area contributed by atoms with Gasteiger partial charge in [-0.2, -0.15) is 0 Å². The van der Waals surface area contributed by atoms with Gasteiger partial charge in [-0.1, -0.05) is 18.9 Å². The summed E-state index contributed by atoms with van der Waals surface area (Å²) in [6.45, 7) is 0.442. The van der Waals surface area contributed by atoms with E-state index >= 15 is 0 Å². The van der Waals surface area contributed by atoms with E-state index in [0.717, 1.165) is 25.7 Å². The fourth-order valence-corrected chi connectivity index (χ4v) is 2.53. The monoisotopic (exact) mass is 265 g/mol. The highest BCUT2D eigenvalue weighted by molar-refractivity contribution is 5.99. The van der Waals surface area contributed by atoms with Gasteiger partial charge in [0.2, 0.25) is 0 Å². The van der Waals surface area contributed by atoms with Crippen LogP contribution < -0.4 is 0 Å². The standard InChI is InChI=1S/C14H19NO4/c16-9-10-5-2-1-3-8-15(10)14(19)13-11(17)6-4-7-12(13)18/h4,6-7,10,16-18H,1-3,5,8-9H2. The predicted octanol–water partition coefficient (Wildman–Crippen LogP) is 1.47. The number of carbonyl (C=O) groups excluding carboxylic acids is 1. The number of likely N-dealkylation sites (tertiary alicyclic amines) is 1. The van der Waals surface area contributed by atoms with Gasteiger partial charge in [0.25, 0.3) is 5.91 Å². The second-order valence-electron chi connectivity index (χ2n) is 4.86. The Hall–Kier alpha value is -1.75. The molecule has 1 aromatic rings. The Morgan fingerprint density at radius 1 is 1.21 bits per heavy atom. The average Bonchev–Trinajstić information content (AvgIpc) is 2.63. The molecule has 1 unspecified atom stereocenters. The molecule has 1 aliphatic rings. The molecule has 1 fully saturated rings. The summed E-state index contributed by atoms with van der Waals surface area (Å²) in [5.41, 5.74) is -0.0807. The van der Waals surface area contributed by atoms with Crippen molar-refractivity contribution in [1.29, 1.82) is 0 Å². The maximum absolute atomic E-state index is 12.5. The zero-order valence-corrected chi connectivity index (χ0v) is 10.7. The molecule has 1 saturated heterocycles. The molecule has 0 bridgehead atoms. The second kappa shape index (κ2) is 5.93. The van der Waals surface area contributed by atoms with E-state index in [2.05, 4.69) is 0 Å². The molecular weight excluding hydrogens is 246 g/mol. The maximum atomic E-state index is 12.5. The lowest BCUT2D eigenvalue weighted by molar-refractivity contribution is 0.0593. The molecule has 0 radical (unpaired) electrons. The Morgan fingerprint density at radius 3 is 2.53 bits per heavy atom. The van der Waals surface area contributed by atoms with E-state index in [1.807, 2.05) is 0 Å². The molecule has 1 aromatic carbocycles. The summed E-state index contributed by atoms with van der Waals surface area (Å²) in [6, 6.07) is 3.99. The minimum atomic E-state index is -0.420. The average molecular weight is 265 g/mol. The Bertz CT molecular complexity index is 441. The summed E-state index contributed by atoms with van der Waals surface area (Å²) < 4.78 is 0. The van der Waals surface area contributed by atoms with Gasteiger partial charge in [0.15, 0.2) is 0 Å². The van der Waals surface area contributed by atoms with E-state index in [4.69, 9.17) is 0 Å². The van der Waals surface area contributed by atoms with Crippen molar-refractivity contribution in [3.63, 3.8) is 0 Å². The molecule has 5 heteroatoms. The van der Waals surface area contributed by atoms with Crippen LogP contribution in [-0.4, -0.2) is 45.3 Å². The van der Waals surface area contributed by atoms with Crippen molar-refractivity contribution in [3.8, 4) is 11.5 Å². The molecular formula is C14H19NO4. The number of aromatic hydroxyl groups is 2. The third-order valence-electron chi connectivity index (χ3n) is 3.58. The minimum Gasteiger partial charge on any atom is -0.507 e. The summed E-state index contributed by atoms with van der Waals surface area (Å²) in [5, 5.41) is 28.9. The molecule has 1 amide bonds. The van der Waals surface area contributed by atoms with Gasteiger partial charge in [-0.15, -0.1) is 0 Å². The summed E-state index contributed by atoms with van der Waals surface area (Å²) in [6.07, 6.45) is 3.61. The van der Waals surface area contributed by atoms with Gasteiger partial charge >= 0.3 is 0 Å². The molecule has 5 nitrogen and oxygen atoms in total. The van der Waals surface area contributed by atoms with Gasteiger partial charge in [0.05, 0.1) is 12.6 Å². The lowest BCUT2D eigenvalue weighted by Gasteiger charge is -2.29. The van der Waals surface area contributed by atoms with Crippen molar-refractivity contribution in [3.05, 3.63) is 23.8 Å². The first-order valence-electron chi connectivity index (χ1n) is 6.58. The van der Waals surface area contributed by atoms with Crippen LogP contribution in [0.5, 0.6) is 11.5 Å². The number of hydrogen-bond donors (Lipinski definition) is 3. The second-order valence-corrected chi connectivity index (χ2v) is 4.86. The number of hydrogen-bond acceptors (Lipinski definition) is 4. The zero-order chi connectivity index (χ0) is 13.8. The molecule has 0 saturated carbocycles. The van der Waals surface area contributed by atoms with Gasteiger partial charge < -0.3 is 20.2 Å². The first-order chi connectivity index (χ1) is 9.15. The lowest BCUT2D eigenvalue weighted by atomic mass is 10.1. The van der Waals surface area contributed by atoms with Gasteiger partial charge in [0, 0.05) is 6.54 Å². The van der Waals surface area contributed by atoms with Crippen molar-refractivity contribution in [2.45, 2.75) is 31.7 Å². The molecule has 3 N–H and O–H groups in total. The normalized spacial score (nSPS) is 20.1. The van der Waals surface area contributed by atoms with Crippen molar-refractivity contribution >= 4 is 5.91 Å². The Balaban J connectivity index is 2.30. The smallest absolute Gasteiger partial charge is 0.261 e. The molecule has 0 aromatic heterocycles. The van der Waals surface area contributed by atoms with Crippen LogP contribution in [0.3, 0.4) is 0 Å². The highest BCUT2D eigenvalue weighted by Crippen LogP contribution is 2.29. The molecule has 2 rings (SSSR count). The van der Waals surface area contributed by atoms with E-state index in [0.29, 0.717) is 6.54 Å². The third kappa shape index (κ3) is 2.81. The van der Waals surface area contributed by atoms with Gasteiger partial charge in [-0.05, 0) is 25.0 Å².